The molecule has 2 aliphatic heterocycles. The third-order valence-electron chi connectivity index (χ3n) is 7.95. The lowest BCUT2D eigenvalue weighted by Crippen LogP contribution is -2.67. The molecule has 5 rings (SSSR count). The third kappa shape index (κ3) is 5.36. The van der Waals surface area contributed by atoms with E-state index in [2.05, 4.69) is 15.6 Å². The standard InChI is InChI=1S/C27H30F3N5O3S/c1-25(2)23(37)35(18-6-8-19(9-7-18)39-27(28,29)30)24(38)34(25)15-17-10-13-31-20(14-17)33-22(36)21-26(16-32-21)11-4-3-5-12-26/h6-10,13-14,21,32H,3-5,11-12,15-16H2,1-2H3,(H,31,33,36). The lowest BCUT2D eigenvalue weighted by Gasteiger charge is -2.51. The quantitative estimate of drug-likeness (QED) is 0.367. The number of carbonyl (C=O) groups excluding carboxylic acids is 3. The highest BCUT2D eigenvalue weighted by Gasteiger charge is 2.52. The summed E-state index contributed by atoms with van der Waals surface area (Å²) in [4.78, 5) is 46.2. The molecule has 208 valence electrons. The molecule has 1 aromatic heterocycles. The Balaban J connectivity index is 1.29. The summed E-state index contributed by atoms with van der Waals surface area (Å²) in [6, 6.07) is 7.68. The predicted octanol–water partition coefficient (Wildman–Crippen LogP) is 5.30. The Morgan fingerprint density at radius 1 is 1.13 bits per heavy atom. The largest absolute Gasteiger partial charge is 0.446 e. The van der Waals surface area contributed by atoms with E-state index >= 15 is 0 Å². The molecule has 1 atom stereocenters. The van der Waals surface area contributed by atoms with Gasteiger partial charge in [0.25, 0.3) is 5.91 Å². The number of pyridine rings is 1. The number of imide groups is 1. The number of urea groups is 1. The molecule has 1 aromatic carbocycles. The molecule has 1 spiro atoms. The molecular formula is C27H30F3N5O3S. The van der Waals surface area contributed by atoms with Crippen LogP contribution in [0.4, 0.5) is 29.5 Å². The molecule has 4 amide bonds. The summed E-state index contributed by atoms with van der Waals surface area (Å²) in [5, 5.41) is 6.17. The van der Waals surface area contributed by atoms with Gasteiger partial charge in [0.05, 0.1) is 11.7 Å². The molecule has 12 heteroatoms. The second kappa shape index (κ2) is 10.1. The summed E-state index contributed by atoms with van der Waals surface area (Å²) in [7, 11) is 0. The van der Waals surface area contributed by atoms with Gasteiger partial charge in [-0.2, -0.15) is 13.2 Å². The van der Waals surface area contributed by atoms with Crippen molar-refractivity contribution in [2.75, 3.05) is 16.8 Å². The molecule has 39 heavy (non-hydrogen) atoms. The van der Waals surface area contributed by atoms with E-state index < -0.39 is 23.0 Å². The summed E-state index contributed by atoms with van der Waals surface area (Å²) < 4.78 is 38.0. The number of alkyl halides is 3. The Labute approximate surface area is 228 Å². The number of nitrogens with one attached hydrogen (secondary N) is 2. The number of nitrogens with zero attached hydrogens (tertiary/aromatic N) is 3. The van der Waals surface area contributed by atoms with Crippen LogP contribution in [-0.2, 0) is 16.1 Å². The zero-order chi connectivity index (χ0) is 28.0. The molecule has 1 unspecified atom stereocenters. The van der Waals surface area contributed by atoms with Crippen LogP contribution >= 0.6 is 11.8 Å². The summed E-state index contributed by atoms with van der Waals surface area (Å²) in [5.41, 5.74) is -4.76. The number of aromatic nitrogens is 1. The minimum atomic E-state index is -4.44. The summed E-state index contributed by atoms with van der Waals surface area (Å²) >= 11 is -0.264. The Morgan fingerprint density at radius 3 is 2.44 bits per heavy atom. The number of hydrogen-bond acceptors (Lipinski definition) is 6. The van der Waals surface area contributed by atoms with E-state index in [0.29, 0.717) is 11.4 Å². The van der Waals surface area contributed by atoms with Crippen molar-refractivity contribution in [2.24, 2.45) is 5.41 Å². The summed E-state index contributed by atoms with van der Waals surface area (Å²) in [6.07, 6.45) is 7.07. The maximum atomic E-state index is 13.4. The number of rotatable bonds is 6. The normalized spacial score (nSPS) is 22.2. The first-order valence-electron chi connectivity index (χ1n) is 12.9. The predicted molar refractivity (Wildman–Crippen MR) is 141 cm³/mol. The lowest BCUT2D eigenvalue weighted by atomic mass is 9.64. The number of amides is 4. The molecule has 0 radical (unpaired) electrons. The molecule has 3 heterocycles. The maximum absolute atomic E-state index is 13.4. The zero-order valence-corrected chi connectivity index (χ0v) is 22.5. The fourth-order valence-corrected chi connectivity index (χ4v) is 6.27. The highest BCUT2D eigenvalue weighted by Crippen LogP contribution is 2.44. The van der Waals surface area contributed by atoms with Crippen molar-refractivity contribution in [1.82, 2.24) is 15.2 Å². The van der Waals surface area contributed by atoms with Gasteiger partial charge >= 0.3 is 11.5 Å². The number of halogens is 3. The fraction of sp³-hybridized carbons (Fsp3) is 0.481. The second-order valence-corrected chi connectivity index (χ2v) is 12.0. The minimum Gasteiger partial charge on any atom is -0.309 e. The van der Waals surface area contributed by atoms with Crippen LogP contribution in [0.5, 0.6) is 0 Å². The zero-order valence-electron chi connectivity index (χ0n) is 21.7. The van der Waals surface area contributed by atoms with Crippen LogP contribution in [0, 0.1) is 5.41 Å². The molecule has 3 aliphatic rings. The van der Waals surface area contributed by atoms with Crippen molar-refractivity contribution in [3.8, 4) is 0 Å². The van der Waals surface area contributed by atoms with Gasteiger partial charge in [0.1, 0.15) is 11.4 Å². The summed E-state index contributed by atoms with van der Waals surface area (Å²) in [5.74, 6) is -0.249. The number of carbonyl (C=O) groups is 3. The van der Waals surface area contributed by atoms with Crippen molar-refractivity contribution in [1.29, 1.82) is 0 Å². The van der Waals surface area contributed by atoms with E-state index in [1.165, 1.54) is 35.6 Å². The smallest absolute Gasteiger partial charge is 0.309 e. The van der Waals surface area contributed by atoms with Crippen LogP contribution in [0.1, 0.15) is 51.5 Å². The summed E-state index contributed by atoms with van der Waals surface area (Å²) in [6.45, 7) is 4.17. The van der Waals surface area contributed by atoms with Crippen LogP contribution in [0.25, 0.3) is 0 Å². The lowest BCUT2D eigenvalue weighted by molar-refractivity contribution is -0.127. The van der Waals surface area contributed by atoms with E-state index in [9.17, 15) is 27.6 Å². The first-order valence-corrected chi connectivity index (χ1v) is 13.7. The first-order chi connectivity index (χ1) is 18.4. The number of benzene rings is 1. The van der Waals surface area contributed by atoms with Crippen molar-refractivity contribution in [3.05, 3.63) is 48.2 Å². The molecule has 2 saturated heterocycles. The van der Waals surface area contributed by atoms with Crippen LogP contribution in [-0.4, -0.2) is 51.4 Å². The molecule has 3 fully saturated rings. The first kappa shape index (κ1) is 27.4. The van der Waals surface area contributed by atoms with Crippen LogP contribution in [0.3, 0.4) is 0 Å². The van der Waals surface area contributed by atoms with Crippen molar-refractivity contribution < 1.29 is 27.6 Å². The van der Waals surface area contributed by atoms with Gasteiger partial charge in [-0.3, -0.25) is 9.59 Å². The van der Waals surface area contributed by atoms with E-state index in [4.69, 9.17) is 0 Å². The fourth-order valence-electron chi connectivity index (χ4n) is 5.73. The van der Waals surface area contributed by atoms with Gasteiger partial charge in [-0.25, -0.2) is 14.7 Å². The third-order valence-corrected chi connectivity index (χ3v) is 8.69. The molecule has 1 saturated carbocycles. The van der Waals surface area contributed by atoms with Crippen LogP contribution in [0.2, 0.25) is 0 Å². The Kier molecular flexibility index (Phi) is 7.13. The van der Waals surface area contributed by atoms with E-state index in [1.54, 1.807) is 32.2 Å². The average molecular weight is 562 g/mol. The van der Waals surface area contributed by atoms with Crippen molar-refractivity contribution >= 4 is 41.1 Å². The molecular weight excluding hydrogens is 531 g/mol. The molecule has 8 nitrogen and oxygen atoms in total. The Hall–Kier alpha value is -3.12. The minimum absolute atomic E-state index is 0.0133. The molecule has 0 bridgehead atoms. The highest BCUT2D eigenvalue weighted by atomic mass is 32.2. The Morgan fingerprint density at radius 2 is 1.82 bits per heavy atom. The van der Waals surface area contributed by atoms with Gasteiger partial charge in [0.2, 0.25) is 5.91 Å². The average Bonchev–Trinajstić information content (AvgIpc) is 3.03. The van der Waals surface area contributed by atoms with E-state index in [-0.39, 0.29) is 46.3 Å². The number of anilines is 2. The van der Waals surface area contributed by atoms with Crippen LogP contribution in [0.15, 0.2) is 47.5 Å². The Bertz CT molecular complexity index is 1280. The van der Waals surface area contributed by atoms with Gasteiger partial charge < -0.3 is 15.5 Å². The topological polar surface area (TPSA) is 94.6 Å². The SMILES string of the molecule is CC1(C)C(=O)N(c2ccc(SC(F)(F)F)cc2)C(=O)N1Cc1ccnc(NC(=O)C2NCC23CCCCC3)c1. The van der Waals surface area contributed by atoms with Crippen LogP contribution < -0.4 is 15.5 Å². The number of thioether (sulfide) groups is 1. The molecule has 2 N–H and O–H groups in total. The van der Waals surface area contributed by atoms with Gasteiger partial charge in [0, 0.05) is 29.6 Å². The van der Waals surface area contributed by atoms with E-state index in [0.717, 1.165) is 37.1 Å². The van der Waals surface area contributed by atoms with Gasteiger partial charge in [-0.05, 0) is 80.4 Å². The van der Waals surface area contributed by atoms with Gasteiger partial charge in [0.15, 0.2) is 0 Å². The highest BCUT2D eigenvalue weighted by molar-refractivity contribution is 8.00. The number of hydrogen-bond donors (Lipinski definition) is 2. The monoisotopic (exact) mass is 561 g/mol. The van der Waals surface area contributed by atoms with E-state index in [1.807, 2.05) is 0 Å². The van der Waals surface area contributed by atoms with Gasteiger partial charge in [-0.15, -0.1) is 0 Å². The van der Waals surface area contributed by atoms with Gasteiger partial charge in [-0.1, -0.05) is 19.3 Å². The molecule has 1 aliphatic carbocycles. The van der Waals surface area contributed by atoms with Crippen molar-refractivity contribution in [3.63, 3.8) is 0 Å². The maximum Gasteiger partial charge on any atom is 0.446 e. The second-order valence-electron chi connectivity index (χ2n) is 10.9. The molecule has 2 aromatic rings. The van der Waals surface area contributed by atoms with Crippen molar-refractivity contribution in [2.45, 2.75) is 74.5 Å².